The SMILES string of the molecule is O=C(O)C1CN(C(=O)Cc2cn3ccccc3n2)CCO1. The van der Waals surface area contributed by atoms with Crippen molar-refractivity contribution < 1.29 is 19.4 Å². The third-order valence-electron chi connectivity index (χ3n) is 3.44. The highest BCUT2D eigenvalue weighted by Gasteiger charge is 2.29. The average Bonchev–Trinajstić information content (AvgIpc) is 2.89. The van der Waals surface area contributed by atoms with Crippen molar-refractivity contribution in [2.24, 2.45) is 0 Å². The van der Waals surface area contributed by atoms with E-state index < -0.39 is 12.1 Å². The number of rotatable bonds is 3. The predicted molar refractivity (Wildman–Crippen MR) is 72.9 cm³/mol. The minimum absolute atomic E-state index is 0.0849. The average molecular weight is 289 g/mol. The summed E-state index contributed by atoms with van der Waals surface area (Å²) >= 11 is 0. The molecule has 2 aromatic heterocycles. The highest BCUT2D eigenvalue weighted by Crippen LogP contribution is 2.10. The van der Waals surface area contributed by atoms with Gasteiger partial charge in [-0.15, -0.1) is 0 Å². The van der Waals surface area contributed by atoms with Gasteiger partial charge in [-0.25, -0.2) is 9.78 Å². The molecule has 110 valence electrons. The minimum atomic E-state index is -1.04. The van der Waals surface area contributed by atoms with Crippen molar-refractivity contribution in [2.75, 3.05) is 19.7 Å². The number of pyridine rings is 1. The van der Waals surface area contributed by atoms with Crippen LogP contribution < -0.4 is 0 Å². The molecular formula is C14H15N3O4. The maximum atomic E-state index is 12.2. The fraction of sp³-hybridized carbons (Fsp3) is 0.357. The van der Waals surface area contributed by atoms with Gasteiger partial charge >= 0.3 is 5.97 Å². The number of carboxylic acids is 1. The molecule has 7 nitrogen and oxygen atoms in total. The van der Waals surface area contributed by atoms with Crippen LogP contribution in [0.3, 0.4) is 0 Å². The summed E-state index contributed by atoms with van der Waals surface area (Å²) in [6.07, 6.45) is 2.89. The summed E-state index contributed by atoms with van der Waals surface area (Å²) in [5.74, 6) is -1.17. The summed E-state index contributed by atoms with van der Waals surface area (Å²) in [6.45, 7) is 0.741. The van der Waals surface area contributed by atoms with Crippen LogP contribution in [0.2, 0.25) is 0 Å². The molecular weight excluding hydrogens is 274 g/mol. The third-order valence-corrected chi connectivity index (χ3v) is 3.44. The molecule has 21 heavy (non-hydrogen) atoms. The molecule has 1 unspecified atom stereocenters. The molecule has 1 atom stereocenters. The topological polar surface area (TPSA) is 84.1 Å². The number of hydrogen-bond donors (Lipinski definition) is 1. The molecule has 0 bridgehead atoms. The Bertz CT molecular complexity index is 649. The lowest BCUT2D eigenvalue weighted by Crippen LogP contribution is -2.49. The zero-order chi connectivity index (χ0) is 14.8. The van der Waals surface area contributed by atoms with E-state index in [2.05, 4.69) is 4.98 Å². The highest BCUT2D eigenvalue weighted by atomic mass is 16.5. The Labute approximate surface area is 120 Å². The van der Waals surface area contributed by atoms with Crippen LogP contribution in [-0.2, 0) is 20.7 Å². The van der Waals surface area contributed by atoms with E-state index in [9.17, 15) is 9.59 Å². The fourth-order valence-corrected chi connectivity index (χ4v) is 2.36. The first-order valence-corrected chi connectivity index (χ1v) is 6.68. The number of aromatic nitrogens is 2. The number of amides is 1. The maximum absolute atomic E-state index is 12.2. The van der Waals surface area contributed by atoms with Crippen molar-refractivity contribution in [1.82, 2.24) is 14.3 Å². The van der Waals surface area contributed by atoms with Gasteiger partial charge in [-0.1, -0.05) is 6.07 Å². The second-order valence-corrected chi connectivity index (χ2v) is 4.91. The summed E-state index contributed by atoms with van der Waals surface area (Å²) in [7, 11) is 0. The van der Waals surface area contributed by atoms with Gasteiger partial charge in [0.1, 0.15) is 5.65 Å². The van der Waals surface area contributed by atoms with Crippen molar-refractivity contribution >= 4 is 17.5 Å². The lowest BCUT2D eigenvalue weighted by molar-refractivity contribution is -0.159. The first-order chi connectivity index (χ1) is 10.1. The van der Waals surface area contributed by atoms with Gasteiger partial charge in [0.25, 0.3) is 0 Å². The summed E-state index contributed by atoms with van der Waals surface area (Å²) in [5, 5.41) is 8.94. The van der Waals surface area contributed by atoms with Crippen LogP contribution in [0.1, 0.15) is 5.69 Å². The number of aliphatic carboxylic acids is 1. The number of carbonyl (C=O) groups is 2. The molecule has 3 heterocycles. The van der Waals surface area contributed by atoms with Crippen LogP contribution in [0.15, 0.2) is 30.6 Å². The van der Waals surface area contributed by atoms with Gasteiger partial charge in [-0.05, 0) is 12.1 Å². The van der Waals surface area contributed by atoms with Crippen LogP contribution in [0.25, 0.3) is 5.65 Å². The second kappa shape index (κ2) is 5.53. The molecule has 1 fully saturated rings. The van der Waals surface area contributed by atoms with Crippen molar-refractivity contribution in [3.05, 3.63) is 36.3 Å². The van der Waals surface area contributed by atoms with Crippen LogP contribution in [0.5, 0.6) is 0 Å². The fourth-order valence-electron chi connectivity index (χ4n) is 2.36. The summed E-state index contributed by atoms with van der Waals surface area (Å²) in [4.78, 5) is 29.0. The minimum Gasteiger partial charge on any atom is -0.479 e. The van der Waals surface area contributed by atoms with E-state index >= 15 is 0 Å². The van der Waals surface area contributed by atoms with E-state index in [-0.39, 0.29) is 25.5 Å². The van der Waals surface area contributed by atoms with Crippen molar-refractivity contribution in [1.29, 1.82) is 0 Å². The molecule has 1 saturated heterocycles. The number of carbonyl (C=O) groups excluding carboxylic acids is 1. The molecule has 7 heteroatoms. The van der Waals surface area contributed by atoms with E-state index in [1.807, 2.05) is 35.0 Å². The van der Waals surface area contributed by atoms with Crippen LogP contribution >= 0.6 is 0 Å². The smallest absolute Gasteiger partial charge is 0.334 e. The monoisotopic (exact) mass is 289 g/mol. The lowest BCUT2D eigenvalue weighted by atomic mass is 10.2. The van der Waals surface area contributed by atoms with Gasteiger partial charge in [-0.3, -0.25) is 4.79 Å². The van der Waals surface area contributed by atoms with E-state index in [4.69, 9.17) is 9.84 Å². The zero-order valence-electron chi connectivity index (χ0n) is 11.3. The van der Waals surface area contributed by atoms with E-state index in [1.54, 1.807) is 0 Å². The molecule has 0 spiro atoms. The summed E-state index contributed by atoms with van der Waals surface area (Å²) in [6, 6.07) is 5.64. The van der Waals surface area contributed by atoms with Gasteiger partial charge in [-0.2, -0.15) is 0 Å². The predicted octanol–water partition coefficient (Wildman–Crippen LogP) is 0.189. The van der Waals surface area contributed by atoms with Crippen LogP contribution in [0.4, 0.5) is 0 Å². The molecule has 2 aromatic rings. The molecule has 1 amide bonds. The number of hydrogen-bond acceptors (Lipinski definition) is 4. The number of imidazole rings is 1. The van der Waals surface area contributed by atoms with Gasteiger partial charge in [0.15, 0.2) is 6.10 Å². The van der Waals surface area contributed by atoms with Gasteiger partial charge < -0.3 is 19.1 Å². The molecule has 0 radical (unpaired) electrons. The first-order valence-electron chi connectivity index (χ1n) is 6.68. The van der Waals surface area contributed by atoms with Gasteiger partial charge in [0.05, 0.1) is 25.3 Å². The molecule has 3 rings (SSSR count). The highest BCUT2D eigenvalue weighted by molar-refractivity contribution is 5.80. The Morgan fingerprint density at radius 1 is 1.43 bits per heavy atom. The summed E-state index contributed by atoms with van der Waals surface area (Å²) < 4.78 is 6.95. The number of nitrogens with zero attached hydrogens (tertiary/aromatic N) is 3. The third kappa shape index (κ3) is 2.87. The van der Waals surface area contributed by atoms with Crippen molar-refractivity contribution in [3.63, 3.8) is 0 Å². The van der Waals surface area contributed by atoms with E-state index in [0.717, 1.165) is 5.65 Å². The number of ether oxygens (including phenoxy) is 1. The zero-order valence-corrected chi connectivity index (χ0v) is 11.3. The Morgan fingerprint density at radius 2 is 2.29 bits per heavy atom. The molecule has 1 N–H and O–H groups in total. The number of carboxylic acid groups (broad SMARTS) is 1. The van der Waals surface area contributed by atoms with Crippen LogP contribution in [-0.4, -0.2) is 57.1 Å². The summed E-state index contributed by atoms with van der Waals surface area (Å²) in [5.41, 5.74) is 1.45. The molecule has 1 aliphatic rings. The van der Waals surface area contributed by atoms with Crippen molar-refractivity contribution in [2.45, 2.75) is 12.5 Å². The Hall–Kier alpha value is -2.41. The van der Waals surface area contributed by atoms with Crippen LogP contribution in [0, 0.1) is 0 Å². The largest absolute Gasteiger partial charge is 0.479 e. The molecule has 0 saturated carbocycles. The second-order valence-electron chi connectivity index (χ2n) is 4.91. The lowest BCUT2D eigenvalue weighted by Gasteiger charge is -2.30. The van der Waals surface area contributed by atoms with E-state index in [1.165, 1.54) is 4.90 Å². The molecule has 1 aliphatic heterocycles. The quantitative estimate of drug-likeness (QED) is 0.872. The van der Waals surface area contributed by atoms with Gasteiger partial charge in [0.2, 0.25) is 5.91 Å². The van der Waals surface area contributed by atoms with Crippen molar-refractivity contribution in [3.8, 4) is 0 Å². The number of fused-ring (bicyclic) bond motifs is 1. The normalized spacial score (nSPS) is 18.9. The standard InChI is InChI=1S/C14H15N3O4/c18-13(17-5-6-21-11(9-17)14(19)20)7-10-8-16-4-2-1-3-12(16)15-10/h1-4,8,11H,5-7,9H2,(H,19,20). The van der Waals surface area contributed by atoms with Gasteiger partial charge in [0, 0.05) is 18.9 Å². The molecule has 0 aliphatic carbocycles. The van der Waals surface area contributed by atoms with E-state index in [0.29, 0.717) is 12.2 Å². The Kier molecular flexibility index (Phi) is 3.57. The Morgan fingerprint density at radius 3 is 3.05 bits per heavy atom. The first kappa shape index (κ1) is 13.6. The molecule has 0 aromatic carbocycles. The maximum Gasteiger partial charge on any atom is 0.334 e. The Balaban J connectivity index is 1.69. The number of morpholine rings is 1.